The molecule has 3 N–H and O–H groups in total. The second-order valence-corrected chi connectivity index (χ2v) is 10.9. The van der Waals surface area contributed by atoms with Crippen molar-refractivity contribution >= 4 is 22.6 Å². The van der Waals surface area contributed by atoms with Gasteiger partial charge >= 0.3 is 5.97 Å². The zero-order valence-corrected chi connectivity index (χ0v) is 24.0. The van der Waals surface area contributed by atoms with E-state index in [1.807, 2.05) is 0 Å². The average molecular weight is 546 g/mol. The second kappa shape index (κ2) is 16.5. The Labute approximate surface area is 232 Å². The molecule has 3 rings (SSSR count). The zero-order chi connectivity index (χ0) is 28.0. The van der Waals surface area contributed by atoms with E-state index in [-0.39, 0.29) is 28.4 Å². The maximum Gasteiger partial charge on any atom is 0.341 e. The Morgan fingerprint density at radius 3 is 2.13 bits per heavy atom. The number of ether oxygens (including phenoxy) is 1. The summed E-state index contributed by atoms with van der Waals surface area (Å²) in [5.74, 6) is -1.69. The summed E-state index contributed by atoms with van der Waals surface area (Å²) in [6.07, 6.45) is 20.0. The van der Waals surface area contributed by atoms with E-state index in [2.05, 4.69) is 17.6 Å². The van der Waals surface area contributed by atoms with Crippen LogP contribution in [0.3, 0.4) is 0 Å². The van der Waals surface area contributed by atoms with Crippen molar-refractivity contribution in [2.45, 2.75) is 109 Å². The standard InChI is InChI=1S/C31H48FN3O4/c1-3-4-5-6-7-8-9-10-11-12-13-14-18-33-19-15-20-34-27-26(32)21-24-28(30(27)39-2)35(23-16-17-23)22-25(29(24)36)31(37)38/h21-23,33-34H,3-20H2,1-2H3,(H,37,38). The molecule has 1 heterocycles. The molecule has 7 nitrogen and oxygen atoms in total. The number of anilines is 1. The Kier molecular flexibility index (Phi) is 13.1. The molecule has 0 spiro atoms. The molecule has 1 aliphatic rings. The lowest BCUT2D eigenvalue weighted by atomic mass is 10.1. The fraction of sp³-hybridized carbons (Fsp3) is 0.677. The predicted molar refractivity (Wildman–Crippen MR) is 157 cm³/mol. The number of carboxylic acid groups (broad SMARTS) is 1. The number of pyridine rings is 1. The SMILES string of the molecule is CCCCCCCCCCCCCCNCCCNc1c(F)cc2c(=O)c(C(=O)O)cn(C3CC3)c2c1OC. The topological polar surface area (TPSA) is 92.6 Å². The van der Waals surface area contributed by atoms with E-state index in [0.717, 1.165) is 38.4 Å². The Hall–Kier alpha value is -2.61. The van der Waals surface area contributed by atoms with Crippen LogP contribution < -0.4 is 20.8 Å². The van der Waals surface area contributed by atoms with Gasteiger partial charge in [0.05, 0.1) is 18.0 Å². The number of carboxylic acids is 1. The number of benzene rings is 1. The van der Waals surface area contributed by atoms with Crippen LogP contribution in [0.2, 0.25) is 0 Å². The summed E-state index contributed by atoms with van der Waals surface area (Å²) < 4.78 is 22.4. The first-order chi connectivity index (χ1) is 19.0. The molecule has 0 aliphatic heterocycles. The van der Waals surface area contributed by atoms with E-state index in [0.29, 0.717) is 12.1 Å². The van der Waals surface area contributed by atoms with Gasteiger partial charge in [0.15, 0.2) is 11.6 Å². The molecule has 1 saturated carbocycles. The second-order valence-electron chi connectivity index (χ2n) is 10.9. The van der Waals surface area contributed by atoms with Gasteiger partial charge in [-0.05, 0) is 44.8 Å². The van der Waals surface area contributed by atoms with Crippen molar-refractivity contribution in [3.05, 3.63) is 33.9 Å². The maximum atomic E-state index is 15.1. The lowest BCUT2D eigenvalue weighted by Crippen LogP contribution is -2.21. The van der Waals surface area contributed by atoms with Gasteiger partial charge in [0, 0.05) is 18.8 Å². The molecule has 1 aromatic heterocycles. The number of nitrogens with zero attached hydrogens (tertiary/aromatic N) is 1. The number of methoxy groups -OCH3 is 1. The van der Waals surface area contributed by atoms with E-state index in [1.165, 1.54) is 90.4 Å². The van der Waals surface area contributed by atoms with Gasteiger partial charge in [0.2, 0.25) is 5.43 Å². The number of rotatable bonds is 21. The number of carbonyl (C=O) groups is 1. The molecule has 218 valence electrons. The number of unbranched alkanes of at least 4 members (excludes halogenated alkanes) is 11. The normalized spacial score (nSPS) is 13.2. The minimum Gasteiger partial charge on any atom is -0.492 e. The summed E-state index contributed by atoms with van der Waals surface area (Å²) in [7, 11) is 1.45. The van der Waals surface area contributed by atoms with Gasteiger partial charge in [-0.25, -0.2) is 9.18 Å². The lowest BCUT2D eigenvalue weighted by Gasteiger charge is -2.19. The highest BCUT2D eigenvalue weighted by molar-refractivity contribution is 5.97. The number of fused-ring (bicyclic) bond motifs is 1. The Bertz CT molecular complexity index is 1110. The predicted octanol–water partition coefficient (Wildman–Crippen LogP) is 7.28. The Morgan fingerprint density at radius 2 is 1.56 bits per heavy atom. The van der Waals surface area contributed by atoms with E-state index in [1.54, 1.807) is 4.57 Å². The molecular formula is C31H48FN3O4. The van der Waals surface area contributed by atoms with Gasteiger partial charge in [0.25, 0.3) is 0 Å². The third-order valence-electron chi connectivity index (χ3n) is 7.64. The van der Waals surface area contributed by atoms with Crippen LogP contribution in [0.25, 0.3) is 10.9 Å². The van der Waals surface area contributed by atoms with Crippen LogP contribution in [0.4, 0.5) is 10.1 Å². The Balaban J connectivity index is 1.38. The van der Waals surface area contributed by atoms with Crippen molar-refractivity contribution in [2.24, 2.45) is 0 Å². The number of aromatic nitrogens is 1. The first-order valence-corrected chi connectivity index (χ1v) is 15.1. The van der Waals surface area contributed by atoms with Crippen LogP contribution >= 0.6 is 0 Å². The molecule has 1 aliphatic carbocycles. The molecule has 0 amide bonds. The number of halogens is 1. The smallest absolute Gasteiger partial charge is 0.341 e. The summed E-state index contributed by atoms with van der Waals surface area (Å²) in [4.78, 5) is 24.4. The molecule has 0 atom stereocenters. The summed E-state index contributed by atoms with van der Waals surface area (Å²) in [6.45, 7) is 4.63. The van der Waals surface area contributed by atoms with Crippen molar-refractivity contribution in [1.29, 1.82) is 0 Å². The molecule has 0 bridgehead atoms. The van der Waals surface area contributed by atoms with Crippen LogP contribution in [0.5, 0.6) is 5.75 Å². The van der Waals surface area contributed by atoms with Crippen molar-refractivity contribution in [1.82, 2.24) is 9.88 Å². The van der Waals surface area contributed by atoms with Gasteiger partial charge in [-0.3, -0.25) is 4.79 Å². The van der Waals surface area contributed by atoms with Gasteiger partial charge in [-0.15, -0.1) is 0 Å². The van der Waals surface area contributed by atoms with E-state index >= 15 is 4.39 Å². The average Bonchev–Trinajstić information content (AvgIpc) is 3.76. The molecule has 1 aromatic carbocycles. The first kappa shape index (κ1) is 30.9. The molecule has 0 radical (unpaired) electrons. The molecule has 2 aromatic rings. The third-order valence-corrected chi connectivity index (χ3v) is 7.64. The first-order valence-electron chi connectivity index (χ1n) is 15.1. The van der Waals surface area contributed by atoms with Gasteiger partial charge in [-0.2, -0.15) is 0 Å². The Morgan fingerprint density at radius 1 is 0.974 bits per heavy atom. The summed E-state index contributed by atoms with van der Waals surface area (Å²) in [5.41, 5.74) is -0.386. The molecule has 8 heteroatoms. The van der Waals surface area contributed by atoms with Gasteiger partial charge in [-0.1, -0.05) is 77.6 Å². The minimum absolute atomic E-state index is 0.0331. The molecular weight excluding hydrogens is 497 g/mol. The summed E-state index contributed by atoms with van der Waals surface area (Å²) in [6, 6.07) is 1.22. The fourth-order valence-electron chi connectivity index (χ4n) is 5.25. The maximum absolute atomic E-state index is 15.1. The van der Waals surface area contributed by atoms with E-state index in [9.17, 15) is 14.7 Å². The quantitative estimate of drug-likeness (QED) is 0.143. The molecule has 0 saturated heterocycles. The highest BCUT2D eigenvalue weighted by atomic mass is 19.1. The van der Waals surface area contributed by atoms with Crippen LogP contribution in [0, 0.1) is 5.82 Å². The summed E-state index contributed by atoms with van der Waals surface area (Å²) in [5, 5.41) is 16.1. The largest absolute Gasteiger partial charge is 0.492 e. The van der Waals surface area contributed by atoms with Gasteiger partial charge in [0.1, 0.15) is 11.3 Å². The monoisotopic (exact) mass is 545 g/mol. The number of nitrogens with one attached hydrogen (secondary N) is 2. The summed E-state index contributed by atoms with van der Waals surface area (Å²) >= 11 is 0. The van der Waals surface area contributed by atoms with Gasteiger partial charge < -0.3 is 25.0 Å². The molecule has 39 heavy (non-hydrogen) atoms. The van der Waals surface area contributed by atoms with Crippen LogP contribution in [0.1, 0.15) is 120 Å². The minimum atomic E-state index is -1.31. The third kappa shape index (κ3) is 9.23. The fourth-order valence-corrected chi connectivity index (χ4v) is 5.25. The van der Waals surface area contributed by atoms with Crippen molar-refractivity contribution in [2.75, 3.05) is 32.1 Å². The number of hydrogen-bond donors (Lipinski definition) is 3. The highest BCUT2D eigenvalue weighted by Gasteiger charge is 2.30. The van der Waals surface area contributed by atoms with Crippen molar-refractivity contribution in [3.8, 4) is 5.75 Å². The van der Waals surface area contributed by atoms with Crippen molar-refractivity contribution in [3.63, 3.8) is 0 Å². The van der Waals surface area contributed by atoms with Crippen LogP contribution in [-0.2, 0) is 0 Å². The van der Waals surface area contributed by atoms with Crippen molar-refractivity contribution < 1.29 is 19.0 Å². The van der Waals surface area contributed by atoms with E-state index in [4.69, 9.17) is 4.74 Å². The van der Waals surface area contributed by atoms with Crippen LogP contribution in [0.15, 0.2) is 17.1 Å². The number of hydrogen-bond acceptors (Lipinski definition) is 5. The van der Waals surface area contributed by atoms with Crippen LogP contribution in [-0.4, -0.2) is 42.4 Å². The molecule has 1 fully saturated rings. The van der Waals surface area contributed by atoms with E-state index < -0.39 is 17.2 Å². The molecule has 0 unspecified atom stereocenters. The highest BCUT2D eigenvalue weighted by Crippen LogP contribution is 2.42. The number of aromatic carboxylic acids is 1. The zero-order valence-electron chi connectivity index (χ0n) is 24.0. The lowest BCUT2D eigenvalue weighted by molar-refractivity contribution is 0.0694.